The summed E-state index contributed by atoms with van der Waals surface area (Å²) in [5.41, 5.74) is 2.32. The van der Waals surface area contributed by atoms with Gasteiger partial charge in [-0.05, 0) is 61.6 Å². The number of aryl methyl sites for hydroxylation is 1. The molecule has 0 saturated heterocycles. The molecule has 1 aromatic carbocycles. The van der Waals surface area contributed by atoms with Gasteiger partial charge in [-0.25, -0.2) is 0 Å². The number of furan rings is 1. The summed E-state index contributed by atoms with van der Waals surface area (Å²) in [7, 11) is 0. The third kappa shape index (κ3) is 5.31. The summed E-state index contributed by atoms with van der Waals surface area (Å²) < 4.78 is 55.1. The second kappa shape index (κ2) is 8.78. The number of halogens is 3. The molecule has 0 radical (unpaired) electrons. The van der Waals surface area contributed by atoms with E-state index in [9.17, 15) is 18.0 Å². The average Bonchev–Trinajstić information content (AvgIpc) is 3.15. The highest BCUT2D eigenvalue weighted by atomic mass is 19.4. The predicted octanol–water partition coefficient (Wildman–Crippen LogP) is 5.62. The molecule has 1 unspecified atom stereocenters. The van der Waals surface area contributed by atoms with Crippen molar-refractivity contribution in [1.29, 1.82) is 0 Å². The summed E-state index contributed by atoms with van der Waals surface area (Å²) in [4.78, 5) is 10.8. The molecule has 0 saturated carbocycles. The molecule has 0 amide bonds. The van der Waals surface area contributed by atoms with Crippen LogP contribution in [0.15, 0.2) is 35.0 Å². The fourth-order valence-electron chi connectivity index (χ4n) is 3.89. The summed E-state index contributed by atoms with van der Waals surface area (Å²) >= 11 is 0. The van der Waals surface area contributed by atoms with Crippen molar-refractivity contribution in [2.24, 2.45) is 0 Å². The Hall–Kier alpha value is -2.74. The minimum atomic E-state index is -4.76. The molecular formula is C23H25F3O5. The van der Waals surface area contributed by atoms with E-state index in [1.54, 1.807) is 19.1 Å². The number of hydrogen-bond donors (Lipinski definition) is 1. The zero-order chi connectivity index (χ0) is 22.8. The van der Waals surface area contributed by atoms with E-state index < -0.39 is 17.9 Å². The Morgan fingerprint density at radius 2 is 1.97 bits per heavy atom. The van der Waals surface area contributed by atoms with Gasteiger partial charge in [0, 0.05) is 24.0 Å². The van der Waals surface area contributed by atoms with Crippen LogP contribution >= 0.6 is 0 Å². The van der Waals surface area contributed by atoms with Gasteiger partial charge in [0.15, 0.2) is 0 Å². The molecule has 3 rings (SSSR count). The third-order valence-electron chi connectivity index (χ3n) is 5.72. The van der Waals surface area contributed by atoms with Gasteiger partial charge in [0.2, 0.25) is 0 Å². The van der Waals surface area contributed by atoms with Crippen molar-refractivity contribution in [3.63, 3.8) is 0 Å². The lowest BCUT2D eigenvalue weighted by atomic mass is 9.83. The quantitative estimate of drug-likeness (QED) is 0.580. The van der Waals surface area contributed by atoms with E-state index in [4.69, 9.17) is 14.3 Å². The van der Waals surface area contributed by atoms with Crippen LogP contribution in [0.25, 0.3) is 5.57 Å². The molecule has 2 aromatic rings. The van der Waals surface area contributed by atoms with E-state index >= 15 is 0 Å². The normalized spacial score (nSPS) is 18.5. The van der Waals surface area contributed by atoms with Gasteiger partial charge >= 0.3 is 12.3 Å². The molecule has 0 fully saturated rings. The number of carboxylic acid groups (broad SMARTS) is 1. The summed E-state index contributed by atoms with van der Waals surface area (Å²) in [6.45, 7) is 5.42. The summed E-state index contributed by atoms with van der Waals surface area (Å²) in [6.07, 6.45) is -1.21. The first-order valence-electron chi connectivity index (χ1n) is 10.0. The Kier molecular flexibility index (Phi) is 6.50. The fraction of sp³-hybridized carbons (Fsp3) is 0.435. The average molecular weight is 438 g/mol. The molecule has 1 heterocycles. The standard InChI is InChI=1S/C23H25F3O5/c1-4-22(31-23(24,25)26)11-17-9-10-29-21(17)18(12-22)13-30-19-7-5-16(6-8-20(27)28)14(2)15(19)3/h5,7,9-10,12H,4,6,8,11,13H2,1-3H3,(H,27,28). The van der Waals surface area contributed by atoms with E-state index in [1.807, 2.05) is 19.9 Å². The molecule has 0 spiro atoms. The maximum atomic E-state index is 13.1. The van der Waals surface area contributed by atoms with E-state index in [0.717, 1.165) is 16.7 Å². The number of carboxylic acids is 1. The molecule has 1 atom stereocenters. The Morgan fingerprint density at radius 3 is 2.61 bits per heavy atom. The number of benzene rings is 1. The van der Waals surface area contributed by atoms with Gasteiger partial charge in [0.1, 0.15) is 23.7 Å². The van der Waals surface area contributed by atoms with Crippen LogP contribution in [0.4, 0.5) is 13.2 Å². The van der Waals surface area contributed by atoms with Crippen molar-refractivity contribution in [3.8, 4) is 5.75 Å². The fourth-order valence-corrected chi connectivity index (χ4v) is 3.89. The van der Waals surface area contributed by atoms with Gasteiger partial charge in [0.25, 0.3) is 0 Å². The first kappa shape index (κ1) is 22.9. The minimum Gasteiger partial charge on any atom is -0.488 e. The number of rotatable bonds is 8. The lowest BCUT2D eigenvalue weighted by Gasteiger charge is -2.34. The predicted molar refractivity (Wildman–Crippen MR) is 108 cm³/mol. The van der Waals surface area contributed by atoms with Gasteiger partial charge in [0.05, 0.1) is 6.26 Å². The molecule has 1 aliphatic carbocycles. The van der Waals surface area contributed by atoms with Crippen LogP contribution in [-0.2, 0) is 22.4 Å². The molecule has 0 aliphatic heterocycles. The van der Waals surface area contributed by atoms with Crippen LogP contribution in [0.5, 0.6) is 5.75 Å². The van der Waals surface area contributed by atoms with E-state index in [2.05, 4.69) is 4.74 Å². The Balaban J connectivity index is 1.84. The number of hydrogen-bond acceptors (Lipinski definition) is 4. The Bertz CT molecular complexity index is 990. The Labute approximate surface area is 178 Å². The smallest absolute Gasteiger partial charge is 0.488 e. The van der Waals surface area contributed by atoms with Crippen molar-refractivity contribution in [3.05, 3.63) is 58.6 Å². The highest BCUT2D eigenvalue weighted by molar-refractivity contribution is 5.69. The van der Waals surface area contributed by atoms with Crippen LogP contribution < -0.4 is 4.74 Å². The van der Waals surface area contributed by atoms with Gasteiger partial charge in [-0.1, -0.05) is 13.0 Å². The highest BCUT2D eigenvalue weighted by Gasteiger charge is 2.44. The number of ether oxygens (including phenoxy) is 2. The summed E-state index contributed by atoms with van der Waals surface area (Å²) in [5, 5.41) is 8.89. The highest BCUT2D eigenvalue weighted by Crippen LogP contribution is 2.40. The second-order valence-corrected chi connectivity index (χ2v) is 7.74. The van der Waals surface area contributed by atoms with Crippen molar-refractivity contribution >= 4 is 11.5 Å². The molecule has 31 heavy (non-hydrogen) atoms. The Morgan fingerprint density at radius 1 is 1.23 bits per heavy atom. The van der Waals surface area contributed by atoms with Crippen LogP contribution in [0, 0.1) is 13.8 Å². The molecule has 5 nitrogen and oxygen atoms in total. The monoisotopic (exact) mass is 438 g/mol. The zero-order valence-electron chi connectivity index (χ0n) is 17.6. The van der Waals surface area contributed by atoms with Crippen molar-refractivity contribution in [2.45, 2.75) is 58.4 Å². The van der Waals surface area contributed by atoms with Crippen molar-refractivity contribution < 1.29 is 37.0 Å². The third-order valence-corrected chi connectivity index (χ3v) is 5.72. The first-order valence-corrected chi connectivity index (χ1v) is 10.0. The second-order valence-electron chi connectivity index (χ2n) is 7.74. The van der Waals surface area contributed by atoms with Gasteiger partial charge in [-0.3, -0.25) is 9.53 Å². The number of carbonyl (C=O) groups is 1. The van der Waals surface area contributed by atoms with Crippen LogP contribution in [-0.4, -0.2) is 29.6 Å². The minimum absolute atomic E-state index is 0.0121. The lowest BCUT2D eigenvalue weighted by molar-refractivity contribution is -0.358. The lowest BCUT2D eigenvalue weighted by Crippen LogP contribution is -2.40. The van der Waals surface area contributed by atoms with Gasteiger partial charge in [-0.2, -0.15) is 0 Å². The summed E-state index contributed by atoms with van der Waals surface area (Å²) in [5.74, 6) is 0.216. The van der Waals surface area contributed by atoms with Crippen molar-refractivity contribution in [1.82, 2.24) is 0 Å². The first-order chi connectivity index (χ1) is 14.5. The van der Waals surface area contributed by atoms with Gasteiger partial charge < -0.3 is 14.3 Å². The van der Waals surface area contributed by atoms with Crippen molar-refractivity contribution in [2.75, 3.05) is 6.61 Å². The topological polar surface area (TPSA) is 68.9 Å². The molecule has 168 valence electrons. The van der Waals surface area contributed by atoms with Gasteiger partial charge in [-0.15, -0.1) is 13.2 Å². The zero-order valence-corrected chi connectivity index (χ0v) is 17.6. The van der Waals surface area contributed by atoms with E-state index in [-0.39, 0.29) is 25.9 Å². The van der Waals surface area contributed by atoms with Crippen LogP contribution in [0.2, 0.25) is 0 Å². The van der Waals surface area contributed by atoms with E-state index in [0.29, 0.717) is 29.1 Å². The molecule has 8 heteroatoms. The SMILES string of the molecule is CCC1(OC(F)(F)F)C=C(COc2ccc(CCC(=O)O)c(C)c2C)c2occc2C1. The molecule has 1 aromatic heterocycles. The molecule has 1 aliphatic rings. The van der Waals surface area contributed by atoms with E-state index in [1.165, 1.54) is 12.3 Å². The molecular weight excluding hydrogens is 413 g/mol. The van der Waals surface area contributed by atoms with Crippen LogP contribution in [0.1, 0.15) is 47.8 Å². The maximum Gasteiger partial charge on any atom is 0.523 e. The number of alkyl halides is 3. The molecule has 1 N–H and O–H groups in total. The number of fused-ring (bicyclic) bond motifs is 1. The maximum absolute atomic E-state index is 13.1. The summed E-state index contributed by atoms with van der Waals surface area (Å²) in [6, 6.07) is 5.22. The number of aliphatic carboxylic acids is 1. The van der Waals surface area contributed by atoms with Crippen LogP contribution in [0.3, 0.4) is 0 Å². The molecule has 0 bridgehead atoms. The largest absolute Gasteiger partial charge is 0.523 e.